The van der Waals surface area contributed by atoms with Crippen molar-refractivity contribution in [2.75, 3.05) is 57.2 Å². The second-order valence-corrected chi connectivity index (χ2v) is 18.4. The fraction of sp³-hybridized carbons (Fsp3) is 0.458. The molecule has 1 aromatic heterocycles. The number of aliphatic hydroxyl groups excluding tert-OH is 1. The summed E-state index contributed by atoms with van der Waals surface area (Å²) in [5.74, 6) is -1.20. The van der Waals surface area contributed by atoms with Gasteiger partial charge in [0, 0.05) is 81.1 Å². The Morgan fingerprint density at radius 2 is 1.72 bits per heavy atom. The van der Waals surface area contributed by atoms with Gasteiger partial charge in [-0.3, -0.25) is 14.4 Å². The summed E-state index contributed by atoms with van der Waals surface area (Å²) in [7, 11) is 2.77. The van der Waals surface area contributed by atoms with Crippen molar-refractivity contribution >= 4 is 52.5 Å². The van der Waals surface area contributed by atoms with Gasteiger partial charge >= 0.3 is 12.5 Å². The zero-order valence-corrected chi connectivity index (χ0v) is 39.5. The molecule has 0 radical (unpaired) electrons. The van der Waals surface area contributed by atoms with E-state index in [0.717, 1.165) is 6.07 Å². The summed E-state index contributed by atoms with van der Waals surface area (Å²) in [4.78, 5) is 62.3. The maximum absolute atomic E-state index is 13.9. The van der Waals surface area contributed by atoms with Crippen LogP contribution in [-0.2, 0) is 19.1 Å². The summed E-state index contributed by atoms with van der Waals surface area (Å²) in [6, 6.07) is 10.6. The Balaban J connectivity index is 1.19. The Labute approximate surface area is 393 Å². The summed E-state index contributed by atoms with van der Waals surface area (Å²) in [6.45, 7) is 12.6. The lowest BCUT2D eigenvalue weighted by molar-refractivity contribution is -0.274. The van der Waals surface area contributed by atoms with Gasteiger partial charge in [0.25, 0.3) is 5.91 Å². The molecule has 3 aliphatic heterocycles. The Kier molecular flexibility index (Phi) is 15.7. The molecule has 3 aliphatic rings. The Morgan fingerprint density at radius 3 is 2.30 bits per heavy atom. The highest BCUT2D eigenvalue weighted by Gasteiger charge is 2.42. The van der Waals surface area contributed by atoms with E-state index in [1.54, 1.807) is 54.5 Å². The molecular weight excluding hydrogens is 895 g/mol. The van der Waals surface area contributed by atoms with Crippen LogP contribution in [0.25, 0.3) is 16.7 Å². The Hall–Kier alpha value is -6.07. The number of hydrogen-bond acceptors (Lipinski definition) is 11. The van der Waals surface area contributed by atoms with E-state index < -0.39 is 48.2 Å². The zero-order chi connectivity index (χ0) is 49.0. The molecule has 0 unspecified atom stereocenters. The number of pyridine rings is 1. The van der Waals surface area contributed by atoms with Crippen LogP contribution in [0.5, 0.6) is 5.75 Å². The number of nitrogens with zero attached hydrogens (tertiary/aromatic N) is 4. The molecule has 15 nitrogen and oxygen atoms in total. The molecule has 3 aromatic rings. The topological polar surface area (TPSA) is 175 Å². The summed E-state index contributed by atoms with van der Waals surface area (Å²) < 4.78 is 56.5. The van der Waals surface area contributed by atoms with Crippen molar-refractivity contribution in [1.29, 1.82) is 0 Å². The number of anilines is 2. The van der Waals surface area contributed by atoms with Gasteiger partial charge in [0.05, 0.1) is 47.8 Å². The van der Waals surface area contributed by atoms with E-state index in [9.17, 15) is 37.5 Å². The van der Waals surface area contributed by atoms with Gasteiger partial charge in [-0.25, -0.2) is 9.78 Å². The summed E-state index contributed by atoms with van der Waals surface area (Å²) in [6.07, 6.45) is -2.30. The second-order valence-electron chi connectivity index (χ2n) is 18.0. The van der Waals surface area contributed by atoms with E-state index in [4.69, 9.17) is 21.1 Å². The molecule has 0 aliphatic carbocycles. The van der Waals surface area contributed by atoms with Crippen LogP contribution in [0.3, 0.4) is 0 Å². The summed E-state index contributed by atoms with van der Waals surface area (Å²) in [5, 5.41) is 19.1. The number of hydrogen-bond donors (Lipinski definition) is 4. The number of allylic oxidation sites excluding steroid dienone is 1. The van der Waals surface area contributed by atoms with Crippen LogP contribution in [0, 0.1) is 11.3 Å². The van der Waals surface area contributed by atoms with Gasteiger partial charge in [0.15, 0.2) is 0 Å². The number of piperazine rings is 1. The van der Waals surface area contributed by atoms with Crippen LogP contribution in [0.1, 0.15) is 70.3 Å². The van der Waals surface area contributed by atoms with Gasteiger partial charge < -0.3 is 50.0 Å². The summed E-state index contributed by atoms with van der Waals surface area (Å²) in [5.41, 5.74) is 5.28. The maximum Gasteiger partial charge on any atom is 0.573 e. The molecule has 4 amide bonds. The van der Waals surface area contributed by atoms with E-state index in [1.807, 2.05) is 51.3 Å². The normalized spacial score (nSPS) is 19.4. The number of halogens is 4. The lowest BCUT2D eigenvalue weighted by atomic mass is 9.94. The molecule has 4 heterocycles. The second kappa shape index (κ2) is 20.8. The number of aromatic nitrogens is 1. The number of carbonyl (C=O) groups excluding carboxylic acids is 4. The number of methoxy groups -OCH3 is 2. The van der Waals surface area contributed by atoms with Gasteiger partial charge in [0.2, 0.25) is 11.8 Å². The van der Waals surface area contributed by atoms with Crippen LogP contribution in [0.15, 0.2) is 77.9 Å². The molecule has 2 aromatic carbocycles. The van der Waals surface area contributed by atoms with Crippen molar-refractivity contribution in [1.82, 2.24) is 25.4 Å². The maximum atomic E-state index is 13.9. The molecule has 2 saturated heterocycles. The number of aliphatic hydroxyl groups is 1. The minimum absolute atomic E-state index is 0.00408. The Bertz CT molecular complexity index is 2430. The smallest absolute Gasteiger partial charge is 0.453 e. The fourth-order valence-electron chi connectivity index (χ4n) is 8.41. The quantitative estimate of drug-likeness (QED) is 0.134. The highest BCUT2D eigenvalue weighted by Crippen LogP contribution is 2.41. The molecule has 4 atom stereocenters. The van der Waals surface area contributed by atoms with Gasteiger partial charge in [-0.1, -0.05) is 70.5 Å². The van der Waals surface area contributed by atoms with Crippen LogP contribution < -0.4 is 25.6 Å². The van der Waals surface area contributed by atoms with Crippen LogP contribution in [-0.4, -0.2) is 121 Å². The predicted molar refractivity (Wildman–Crippen MR) is 247 cm³/mol. The number of amides is 4. The third-order valence-corrected chi connectivity index (χ3v) is 12.2. The number of ether oxygens (including phenoxy) is 3. The van der Waals surface area contributed by atoms with E-state index in [0.29, 0.717) is 66.4 Å². The largest absolute Gasteiger partial charge is 0.573 e. The van der Waals surface area contributed by atoms with E-state index >= 15 is 0 Å². The number of alkyl carbamates (subject to hydrolysis) is 1. The van der Waals surface area contributed by atoms with Crippen molar-refractivity contribution in [2.24, 2.45) is 11.3 Å². The van der Waals surface area contributed by atoms with Crippen molar-refractivity contribution in [3.63, 3.8) is 0 Å². The molecule has 360 valence electrons. The average Bonchev–Trinajstić information content (AvgIpc) is 3.61. The Morgan fingerprint density at radius 1 is 1.01 bits per heavy atom. The first-order valence-corrected chi connectivity index (χ1v) is 22.3. The first kappa shape index (κ1) is 50.3. The lowest BCUT2D eigenvalue weighted by Gasteiger charge is -2.42. The number of likely N-dealkylation sites (tertiary alicyclic amines) is 1. The predicted octanol–water partition coefficient (Wildman–Crippen LogP) is 7.37. The van der Waals surface area contributed by atoms with Crippen LogP contribution in [0.2, 0.25) is 5.02 Å². The minimum atomic E-state index is -5.09. The van der Waals surface area contributed by atoms with E-state index in [1.165, 1.54) is 19.4 Å². The first-order chi connectivity index (χ1) is 31.6. The first-order valence-electron chi connectivity index (χ1n) is 21.9. The van der Waals surface area contributed by atoms with Crippen molar-refractivity contribution in [3.8, 4) is 16.9 Å². The molecule has 2 fully saturated rings. The third kappa shape index (κ3) is 11.9. The summed E-state index contributed by atoms with van der Waals surface area (Å²) >= 11 is 6.63. The molecule has 0 bridgehead atoms. The third-order valence-electron chi connectivity index (χ3n) is 11.9. The van der Waals surface area contributed by atoms with Crippen molar-refractivity contribution in [2.45, 2.75) is 85.0 Å². The molecule has 6 rings (SSSR count). The van der Waals surface area contributed by atoms with Gasteiger partial charge in [-0.05, 0) is 53.8 Å². The molecule has 0 spiro atoms. The van der Waals surface area contributed by atoms with Crippen molar-refractivity contribution in [3.05, 3.63) is 94.1 Å². The van der Waals surface area contributed by atoms with Crippen LogP contribution >= 0.6 is 11.6 Å². The lowest BCUT2D eigenvalue weighted by Crippen LogP contribution is -2.56. The standard InChI is InChI=1S/C48H57ClF3N7O8/c1-27(2)42(56-46(64)66-8)44(62)59-25-32(65-7)20-39(59)36-11-9-10-33(38(26-60)54-36)29-12-14-30(15-13-29)34-21-35(49)37(22-40(34)67-48(50,51)52)55-43(61)31-16-17-41(53-23-31)58-19-18-57(24-28(58)3)45(63)47(4,5)6/h9,12-17,21-23,27-28,32,39,42,54,60H,10,18-20,24-26H2,1-8H3,(H,55,61)(H,56,64)/t28-,32+,39+,42+/m1/s1. The molecule has 4 N–H and O–H groups in total. The molecule has 0 saturated carbocycles. The van der Waals surface area contributed by atoms with Crippen LogP contribution in [0.4, 0.5) is 29.5 Å². The zero-order valence-electron chi connectivity index (χ0n) is 38.7. The highest BCUT2D eigenvalue weighted by atomic mass is 35.5. The SMILES string of the molecule is COC(=O)N[C@H](C(=O)N1C[C@@H](OC)C[C@H]1C1=C=CCC(c2ccc(-c3cc(Cl)c(NC(=O)c4ccc(N5CCN(C(=O)C(C)(C)C)C[C@H]5C)nc4)cc3OC(F)(F)F)cc2)=C(CO)N1)C(C)C. The number of rotatable bonds is 12. The average molecular weight is 952 g/mol. The van der Waals surface area contributed by atoms with E-state index in [2.05, 4.69) is 31.4 Å². The molecule has 67 heavy (non-hydrogen) atoms. The number of carbonyl (C=O) groups is 4. The van der Waals surface area contributed by atoms with E-state index in [-0.39, 0.29) is 58.3 Å². The molecule has 19 heteroatoms. The molecular formula is C48H57ClF3N7O8. The van der Waals surface area contributed by atoms with Gasteiger partial charge in [-0.15, -0.1) is 18.9 Å². The highest BCUT2D eigenvalue weighted by molar-refractivity contribution is 6.34. The number of nitrogens with one attached hydrogen (secondary N) is 3. The van der Waals surface area contributed by atoms with Crippen molar-refractivity contribution < 1.29 is 51.7 Å². The van der Waals surface area contributed by atoms with Gasteiger partial charge in [0.1, 0.15) is 17.6 Å². The monoisotopic (exact) mass is 951 g/mol. The number of alkyl halides is 3. The van der Waals surface area contributed by atoms with Gasteiger partial charge in [-0.2, -0.15) is 0 Å². The minimum Gasteiger partial charge on any atom is -0.453 e. The number of benzene rings is 2. The fourth-order valence-corrected chi connectivity index (χ4v) is 8.62.